The van der Waals surface area contributed by atoms with Crippen molar-refractivity contribution < 1.29 is 9.69 Å². The average Bonchev–Trinajstić information content (AvgIpc) is 2.94. The Hall–Kier alpha value is -1.35. The number of benzene rings is 1. The molecule has 0 bridgehead atoms. The smallest absolute Gasteiger partial charge is 0.282 e. The summed E-state index contributed by atoms with van der Waals surface area (Å²) in [5.74, 6) is 0.175. The van der Waals surface area contributed by atoms with Gasteiger partial charge in [0.1, 0.15) is 0 Å². The molecule has 3 rings (SSSR count). The predicted molar refractivity (Wildman–Crippen MR) is 90.3 cm³/mol. The normalized spacial score (nSPS) is 20.8. The van der Waals surface area contributed by atoms with Gasteiger partial charge in [0, 0.05) is 5.69 Å². The lowest BCUT2D eigenvalue weighted by atomic mass is 10.1. The molecule has 1 amide bonds. The maximum absolute atomic E-state index is 12.6. The Kier molecular flexibility index (Phi) is 5.14. The van der Waals surface area contributed by atoms with Gasteiger partial charge in [0.05, 0.1) is 13.1 Å². The fraction of sp³-hybridized carbons (Fsp3) is 0.632. The highest BCUT2D eigenvalue weighted by atomic mass is 16.2. The molecule has 1 aliphatic carbocycles. The van der Waals surface area contributed by atoms with E-state index in [-0.39, 0.29) is 11.9 Å². The molecule has 1 saturated heterocycles. The van der Waals surface area contributed by atoms with Crippen LogP contribution in [0.1, 0.15) is 56.6 Å². The van der Waals surface area contributed by atoms with Crippen molar-refractivity contribution in [1.82, 2.24) is 0 Å². The van der Waals surface area contributed by atoms with E-state index in [1.165, 1.54) is 61.0 Å². The first-order valence-electron chi connectivity index (χ1n) is 9.01. The second-order valence-corrected chi connectivity index (χ2v) is 6.97. The summed E-state index contributed by atoms with van der Waals surface area (Å²) in [5, 5.41) is 3.14. The van der Waals surface area contributed by atoms with Crippen molar-refractivity contribution in [2.75, 3.05) is 18.4 Å². The van der Waals surface area contributed by atoms with E-state index in [1.54, 1.807) is 0 Å². The van der Waals surface area contributed by atoms with Gasteiger partial charge in [0.15, 0.2) is 6.04 Å². The van der Waals surface area contributed by atoms with Crippen molar-refractivity contribution in [3.05, 3.63) is 29.3 Å². The molecule has 22 heavy (non-hydrogen) atoms. The summed E-state index contributed by atoms with van der Waals surface area (Å²) >= 11 is 0. The standard InChI is InChI=1S/C19H28N2O/c1-15(21-12-5-3-2-4-6-13-21)19(22)20-18-11-10-16-8-7-9-17(16)14-18/h10-11,14-15H,2-9,12-13H2,1H3,(H,20,22)/p+1/t15-/m0/s1. The molecule has 1 atom stereocenters. The Labute approximate surface area is 134 Å². The van der Waals surface area contributed by atoms with Gasteiger partial charge in [-0.2, -0.15) is 0 Å². The highest BCUT2D eigenvalue weighted by molar-refractivity contribution is 5.93. The molecule has 0 radical (unpaired) electrons. The van der Waals surface area contributed by atoms with E-state index in [0.29, 0.717) is 0 Å². The SMILES string of the molecule is C[C@@H](C(=O)Nc1ccc2c(c1)CCC2)[NH+]1CCCCCCC1. The topological polar surface area (TPSA) is 33.5 Å². The minimum Gasteiger partial charge on any atom is -0.325 e. The number of likely N-dealkylation sites (tertiary alicyclic amines) is 1. The van der Waals surface area contributed by atoms with Gasteiger partial charge in [-0.1, -0.05) is 12.5 Å². The van der Waals surface area contributed by atoms with E-state index in [4.69, 9.17) is 0 Å². The van der Waals surface area contributed by atoms with Crippen LogP contribution in [0.3, 0.4) is 0 Å². The number of fused-ring (bicyclic) bond motifs is 1. The van der Waals surface area contributed by atoms with Gasteiger partial charge in [-0.25, -0.2) is 0 Å². The number of carbonyl (C=O) groups excluding carboxylic acids is 1. The van der Waals surface area contributed by atoms with E-state index < -0.39 is 0 Å². The zero-order chi connectivity index (χ0) is 15.4. The minimum absolute atomic E-state index is 0.0476. The molecule has 0 saturated carbocycles. The minimum atomic E-state index is 0.0476. The van der Waals surface area contributed by atoms with Crippen molar-refractivity contribution >= 4 is 11.6 Å². The van der Waals surface area contributed by atoms with Gasteiger partial charge < -0.3 is 10.2 Å². The zero-order valence-electron chi connectivity index (χ0n) is 13.8. The first-order chi connectivity index (χ1) is 10.7. The number of hydrogen-bond donors (Lipinski definition) is 2. The van der Waals surface area contributed by atoms with Crippen LogP contribution in [0.25, 0.3) is 0 Å². The quantitative estimate of drug-likeness (QED) is 0.883. The van der Waals surface area contributed by atoms with Gasteiger partial charge in [0.25, 0.3) is 5.91 Å². The number of anilines is 1. The summed E-state index contributed by atoms with van der Waals surface area (Å²) in [5.41, 5.74) is 3.86. The highest BCUT2D eigenvalue weighted by Gasteiger charge is 2.25. The van der Waals surface area contributed by atoms with Crippen LogP contribution in [0.2, 0.25) is 0 Å². The van der Waals surface area contributed by atoms with Crippen LogP contribution in [-0.2, 0) is 17.6 Å². The van der Waals surface area contributed by atoms with Crippen LogP contribution in [-0.4, -0.2) is 25.0 Å². The number of nitrogens with one attached hydrogen (secondary N) is 2. The Morgan fingerprint density at radius 3 is 2.45 bits per heavy atom. The van der Waals surface area contributed by atoms with Crippen molar-refractivity contribution in [2.24, 2.45) is 0 Å². The monoisotopic (exact) mass is 301 g/mol. The molecule has 2 aliphatic rings. The third-order valence-corrected chi connectivity index (χ3v) is 5.37. The van der Waals surface area contributed by atoms with E-state index in [9.17, 15) is 4.79 Å². The third kappa shape index (κ3) is 3.70. The maximum atomic E-state index is 12.6. The molecule has 1 aromatic rings. The largest absolute Gasteiger partial charge is 0.325 e. The summed E-state index contributed by atoms with van der Waals surface area (Å²) in [4.78, 5) is 14.0. The Morgan fingerprint density at radius 2 is 1.68 bits per heavy atom. The number of aryl methyl sites for hydroxylation is 2. The first-order valence-corrected chi connectivity index (χ1v) is 9.01. The van der Waals surface area contributed by atoms with Crippen molar-refractivity contribution in [3.63, 3.8) is 0 Å². The maximum Gasteiger partial charge on any atom is 0.282 e. The number of carbonyl (C=O) groups is 1. The van der Waals surface area contributed by atoms with E-state index >= 15 is 0 Å². The number of amides is 1. The van der Waals surface area contributed by atoms with Crippen LogP contribution in [0.5, 0.6) is 0 Å². The molecule has 1 aromatic carbocycles. The fourth-order valence-corrected chi connectivity index (χ4v) is 3.88. The lowest BCUT2D eigenvalue weighted by Gasteiger charge is -2.27. The molecule has 120 valence electrons. The van der Waals surface area contributed by atoms with E-state index in [0.717, 1.165) is 25.2 Å². The number of rotatable bonds is 3. The van der Waals surface area contributed by atoms with Crippen molar-refractivity contribution in [2.45, 2.75) is 64.3 Å². The van der Waals surface area contributed by atoms with E-state index in [1.807, 2.05) is 0 Å². The van der Waals surface area contributed by atoms with Gasteiger partial charge in [-0.05, 0) is 75.1 Å². The van der Waals surface area contributed by atoms with Gasteiger partial charge in [-0.3, -0.25) is 4.79 Å². The Morgan fingerprint density at radius 1 is 1.00 bits per heavy atom. The third-order valence-electron chi connectivity index (χ3n) is 5.37. The molecule has 0 unspecified atom stereocenters. The second-order valence-electron chi connectivity index (χ2n) is 6.97. The summed E-state index contributed by atoms with van der Waals surface area (Å²) in [6.45, 7) is 4.36. The first kappa shape index (κ1) is 15.5. The Balaban J connectivity index is 1.60. The summed E-state index contributed by atoms with van der Waals surface area (Å²) in [7, 11) is 0. The molecular weight excluding hydrogens is 272 g/mol. The number of quaternary nitrogens is 1. The molecule has 1 aliphatic heterocycles. The second kappa shape index (κ2) is 7.28. The fourth-order valence-electron chi connectivity index (χ4n) is 3.88. The molecule has 3 nitrogen and oxygen atoms in total. The molecule has 0 spiro atoms. The van der Waals surface area contributed by atoms with Crippen LogP contribution in [0.15, 0.2) is 18.2 Å². The summed E-state index contributed by atoms with van der Waals surface area (Å²) in [6.07, 6.45) is 10.1. The highest BCUT2D eigenvalue weighted by Crippen LogP contribution is 2.24. The molecule has 1 fully saturated rings. The predicted octanol–water partition coefficient (Wildman–Crippen LogP) is 2.35. The molecule has 1 heterocycles. The van der Waals surface area contributed by atoms with Crippen LogP contribution in [0.4, 0.5) is 5.69 Å². The van der Waals surface area contributed by atoms with Crippen molar-refractivity contribution in [1.29, 1.82) is 0 Å². The Bertz CT molecular complexity index is 518. The van der Waals surface area contributed by atoms with Gasteiger partial charge in [0.2, 0.25) is 0 Å². The van der Waals surface area contributed by atoms with E-state index in [2.05, 4.69) is 30.4 Å². The molecular formula is C19H29N2O+. The van der Waals surface area contributed by atoms with Crippen molar-refractivity contribution in [3.8, 4) is 0 Å². The van der Waals surface area contributed by atoms with Gasteiger partial charge in [-0.15, -0.1) is 0 Å². The zero-order valence-corrected chi connectivity index (χ0v) is 13.8. The average molecular weight is 301 g/mol. The summed E-state index contributed by atoms with van der Waals surface area (Å²) < 4.78 is 0. The van der Waals surface area contributed by atoms with Crippen LogP contribution >= 0.6 is 0 Å². The lowest BCUT2D eigenvalue weighted by molar-refractivity contribution is -0.914. The lowest BCUT2D eigenvalue weighted by Crippen LogP contribution is -3.16. The number of hydrogen-bond acceptors (Lipinski definition) is 1. The molecule has 2 N–H and O–H groups in total. The summed E-state index contributed by atoms with van der Waals surface area (Å²) in [6, 6.07) is 6.48. The van der Waals surface area contributed by atoms with Crippen LogP contribution in [0, 0.1) is 0 Å². The van der Waals surface area contributed by atoms with Crippen LogP contribution < -0.4 is 10.2 Å². The molecule has 0 aromatic heterocycles. The molecule has 3 heteroatoms. The van der Waals surface area contributed by atoms with Gasteiger partial charge >= 0.3 is 0 Å².